The van der Waals surface area contributed by atoms with Crippen molar-refractivity contribution in [3.8, 4) is 0 Å². The zero-order valence-corrected chi connectivity index (χ0v) is 13.9. The van der Waals surface area contributed by atoms with Gasteiger partial charge in [0.05, 0.1) is 11.4 Å². The van der Waals surface area contributed by atoms with Gasteiger partial charge >= 0.3 is 0 Å². The highest BCUT2D eigenvalue weighted by Crippen LogP contribution is 2.30. The zero-order valence-electron chi connectivity index (χ0n) is 13.0. The molecule has 7 heteroatoms. The number of aliphatic hydroxyl groups is 1. The highest BCUT2D eigenvalue weighted by molar-refractivity contribution is 7.89. The quantitative estimate of drug-likeness (QED) is 0.823. The molecule has 0 saturated heterocycles. The lowest BCUT2D eigenvalue weighted by atomic mass is 9.86. The topological polar surface area (TPSA) is 75.4 Å². The number of nitrogens with zero attached hydrogens (tertiary/aromatic N) is 3. The molecule has 0 unspecified atom stereocenters. The van der Waals surface area contributed by atoms with E-state index in [-0.39, 0.29) is 6.61 Å². The lowest BCUT2D eigenvalue weighted by Gasteiger charge is -2.29. The molecule has 1 aromatic rings. The molecule has 0 aliphatic heterocycles. The molecule has 0 radical (unpaired) electrons. The first-order valence-electron chi connectivity index (χ1n) is 7.49. The lowest BCUT2D eigenvalue weighted by Crippen LogP contribution is -2.34. The summed E-state index contributed by atoms with van der Waals surface area (Å²) in [5, 5.41) is 13.2. The largest absolute Gasteiger partial charge is 0.396 e. The number of rotatable bonds is 7. The van der Waals surface area contributed by atoms with Crippen LogP contribution in [0.4, 0.5) is 0 Å². The van der Waals surface area contributed by atoms with E-state index in [0.29, 0.717) is 41.7 Å². The van der Waals surface area contributed by atoms with E-state index >= 15 is 0 Å². The summed E-state index contributed by atoms with van der Waals surface area (Å²) in [7, 11) is -1.84. The molecule has 1 fully saturated rings. The van der Waals surface area contributed by atoms with Gasteiger partial charge in [-0.25, -0.2) is 12.7 Å². The molecule has 2 rings (SSSR count). The molecule has 0 bridgehead atoms. The van der Waals surface area contributed by atoms with Crippen LogP contribution in [0.1, 0.15) is 37.1 Å². The summed E-state index contributed by atoms with van der Waals surface area (Å²) in [4.78, 5) is 0.322. The third-order valence-corrected chi connectivity index (χ3v) is 6.33. The number of aliphatic hydroxyl groups excluding tert-OH is 1. The predicted octanol–water partition coefficient (Wildman–Crippen LogP) is 1.30. The van der Waals surface area contributed by atoms with Crippen LogP contribution in [-0.2, 0) is 16.6 Å². The monoisotopic (exact) mass is 315 g/mol. The minimum Gasteiger partial charge on any atom is -0.396 e. The Morgan fingerprint density at radius 1 is 1.38 bits per heavy atom. The van der Waals surface area contributed by atoms with Gasteiger partial charge < -0.3 is 5.11 Å². The van der Waals surface area contributed by atoms with Crippen molar-refractivity contribution in [2.75, 3.05) is 20.2 Å². The number of sulfonamides is 1. The molecule has 1 heterocycles. The van der Waals surface area contributed by atoms with Crippen molar-refractivity contribution in [3.63, 3.8) is 0 Å². The number of hydrogen-bond acceptors (Lipinski definition) is 4. The number of aromatic nitrogens is 2. The Morgan fingerprint density at radius 2 is 2.05 bits per heavy atom. The lowest BCUT2D eigenvalue weighted by molar-refractivity contribution is 0.263. The molecule has 0 atom stereocenters. The van der Waals surface area contributed by atoms with Crippen LogP contribution in [-0.4, -0.2) is 47.8 Å². The van der Waals surface area contributed by atoms with E-state index in [1.54, 1.807) is 25.6 Å². The van der Waals surface area contributed by atoms with Crippen molar-refractivity contribution in [3.05, 3.63) is 11.4 Å². The summed E-state index contributed by atoms with van der Waals surface area (Å²) in [6, 6.07) is 0. The van der Waals surface area contributed by atoms with Crippen LogP contribution in [0.25, 0.3) is 0 Å². The van der Waals surface area contributed by atoms with E-state index < -0.39 is 10.0 Å². The van der Waals surface area contributed by atoms with E-state index in [1.807, 2.05) is 0 Å². The van der Waals surface area contributed by atoms with Gasteiger partial charge in [-0.05, 0) is 39.0 Å². The first kappa shape index (κ1) is 16.5. The van der Waals surface area contributed by atoms with Gasteiger partial charge in [-0.3, -0.25) is 4.68 Å². The van der Waals surface area contributed by atoms with Gasteiger partial charge in [0, 0.05) is 26.7 Å². The Balaban J connectivity index is 2.24. The highest BCUT2D eigenvalue weighted by atomic mass is 32.2. The van der Waals surface area contributed by atoms with Crippen molar-refractivity contribution in [1.29, 1.82) is 0 Å². The van der Waals surface area contributed by atoms with E-state index in [9.17, 15) is 8.42 Å². The van der Waals surface area contributed by atoms with Crippen LogP contribution in [0.15, 0.2) is 4.90 Å². The van der Waals surface area contributed by atoms with Crippen LogP contribution < -0.4 is 0 Å². The van der Waals surface area contributed by atoms with E-state index in [0.717, 1.165) is 12.8 Å². The van der Waals surface area contributed by atoms with Crippen molar-refractivity contribution >= 4 is 10.0 Å². The molecule has 1 aliphatic rings. The molecule has 0 spiro atoms. The second-order valence-corrected chi connectivity index (χ2v) is 7.86. The molecule has 1 aromatic heterocycles. The number of hydrogen-bond donors (Lipinski definition) is 1. The minimum atomic E-state index is -3.49. The normalized spacial score (nSPS) is 16.4. The molecule has 1 saturated carbocycles. The van der Waals surface area contributed by atoms with E-state index in [1.165, 1.54) is 10.7 Å². The van der Waals surface area contributed by atoms with Crippen molar-refractivity contribution < 1.29 is 13.5 Å². The SMILES string of the molecule is Cc1nn(CCCO)c(C)c1S(=O)(=O)N(C)CC1CCC1. The van der Waals surface area contributed by atoms with Gasteiger partial charge in [0.1, 0.15) is 4.90 Å². The first-order valence-corrected chi connectivity index (χ1v) is 8.93. The van der Waals surface area contributed by atoms with E-state index in [2.05, 4.69) is 5.10 Å². The molecule has 6 nitrogen and oxygen atoms in total. The third kappa shape index (κ3) is 3.30. The molecule has 0 aromatic carbocycles. The summed E-state index contributed by atoms with van der Waals surface area (Å²) in [5.74, 6) is 0.495. The van der Waals surface area contributed by atoms with Gasteiger partial charge in [-0.2, -0.15) is 5.10 Å². The Kier molecular flexibility index (Phi) is 5.06. The highest BCUT2D eigenvalue weighted by Gasteiger charge is 2.31. The summed E-state index contributed by atoms with van der Waals surface area (Å²) >= 11 is 0. The predicted molar refractivity (Wildman–Crippen MR) is 80.6 cm³/mol. The summed E-state index contributed by atoms with van der Waals surface area (Å²) < 4.78 is 28.7. The van der Waals surface area contributed by atoms with Crippen LogP contribution >= 0.6 is 0 Å². The fourth-order valence-corrected chi connectivity index (χ4v) is 4.40. The van der Waals surface area contributed by atoms with Crippen molar-refractivity contribution in [2.24, 2.45) is 5.92 Å². The van der Waals surface area contributed by atoms with Crippen LogP contribution in [0.2, 0.25) is 0 Å². The third-order valence-electron chi connectivity index (χ3n) is 4.25. The van der Waals surface area contributed by atoms with Crippen LogP contribution in [0.3, 0.4) is 0 Å². The molecule has 1 aliphatic carbocycles. The Hall–Kier alpha value is -0.920. The number of aryl methyl sites for hydroxylation is 2. The maximum absolute atomic E-state index is 12.8. The van der Waals surface area contributed by atoms with Gasteiger partial charge in [-0.1, -0.05) is 6.42 Å². The maximum Gasteiger partial charge on any atom is 0.246 e. The molecular weight excluding hydrogens is 290 g/mol. The Morgan fingerprint density at radius 3 is 2.57 bits per heavy atom. The van der Waals surface area contributed by atoms with E-state index in [4.69, 9.17) is 5.11 Å². The van der Waals surface area contributed by atoms with Crippen molar-refractivity contribution in [1.82, 2.24) is 14.1 Å². The van der Waals surface area contributed by atoms with Gasteiger partial charge in [0.2, 0.25) is 10.0 Å². The Labute approximate surface area is 126 Å². The van der Waals surface area contributed by atoms with Crippen molar-refractivity contribution in [2.45, 2.75) is 51.0 Å². The standard InChI is InChI=1S/C14H25N3O3S/c1-11-14(12(2)17(15-11)8-5-9-18)21(19,20)16(3)10-13-6-4-7-13/h13,18H,4-10H2,1-3H3. The molecule has 1 N–H and O–H groups in total. The summed E-state index contributed by atoms with van der Waals surface area (Å²) in [6.45, 7) is 4.70. The average Bonchev–Trinajstić information content (AvgIpc) is 2.66. The smallest absolute Gasteiger partial charge is 0.246 e. The summed E-state index contributed by atoms with van der Waals surface area (Å²) in [5.41, 5.74) is 1.19. The fourth-order valence-electron chi connectivity index (χ4n) is 2.78. The minimum absolute atomic E-state index is 0.0714. The van der Waals surface area contributed by atoms with Crippen LogP contribution in [0, 0.1) is 19.8 Å². The van der Waals surface area contributed by atoms with Gasteiger partial charge in [0.25, 0.3) is 0 Å². The maximum atomic E-state index is 12.8. The Bertz CT molecular complexity index is 591. The second kappa shape index (κ2) is 6.46. The van der Waals surface area contributed by atoms with Crippen LogP contribution in [0.5, 0.6) is 0 Å². The van der Waals surface area contributed by atoms with Gasteiger partial charge in [-0.15, -0.1) is 0 Å². The summed E-state index contributed by atoms with van der Waals surface area (Å²) in [6.07, 6.45) is 4.01. The molecule has 21 heavy (non-hydrogen) atoms. The first-order chi connectivity index (χ1) is 9.87. The zero-order chi connectivity index (χ0) is 15.6. The average molecular weight is 315 g/mol. The fraction of sp³-hybridized carbons (Fsp3) is 0.786. The van der Waals surface area contributed by atoms with Gasteiger partial charge in [0.15, 0.2) is 0 Å². The second-order valence-electron chi connectivity index (χ2n) is 5.88. The molecule has 0 amide bonds. The molecule has 120 valence electrons. The molecular formula is C14H25N3O3S.